The highest BCUT2D eigenvalue weighted by Gasteiger charge is 1.97. The van der Waals surface area contributed by atoms with E-state index in [9.17, 15) is 0 Å². The molecule has 0 unspecified atom stereocenters. The van der Waals surface area contributed by atoms with Crippen molar-refractivity contribution in [3.05, 3.63) is 24.4 Å². The van der Waals surface area contributed by atoms with Crippen LogP contribution in [-0.2, 0) is 0 Å². The molecule has 1 aromatic heterocycles. The van der Waals surface area contributed by atoms with Gasteiger partial charge in [-0.2, -0.15) is 0 Å². The number of rotatable bonds is 3. The lowest BCUT2D eigenvalue weighted by atomic mass is 10.4. The molecule has 14 heavy (non-hydrogen) atoms. The third kappa shape index (κ3) is 5.50. The third-order valence-corrected chi connectivity index (χ3v) is 1.48. The maximum Gasteiger partial charge on any atom is 0.128 e. The van der Waals surface area contributed by atoms with E-state index >= 15 is 0 Å². The fraction of sp³-hybridized carbons (Fsp3) is 0.500. The molecule has 2 N–H and O–H groups in total. The van der Waals surface area contributed by atoms with Gasteiger partial charge in [-0.1, -0.05) is 6.07 Å². The van der Waals surface area contributed by atoms with Crippen LogP contribution in [0.1, 0.15) is 6.92 Å². The minimum atomic E-state index is 0.160. The molecule has 0 bridgehead atoms. The summed E-state index contributed by atoms with van der Waals surface area (Å²) < 4.78 is 0. The molecule has 4 heteroatoms. The van der Waals surface area contributed by atoms with E-state index in [2.05, 4.69) is 4.98 Å². The molecule has 1 rings (SSSR count). The normalized spacial score (nSPS) is 8.86. The first-order valence-corrected chi connectivity index (χ1v) is 4.60. The van der Waals surface area contributed by atoms with Gasteiger partial charge in [0.25, 0.3) is 0 Å². The topological polar surface area (TPSA) is 56.6 Å². The van der Waals surface area contributed by atoms with Crippen LogP contribution >= 0.6 is 0 Å². The average Bonchev–Trinajstić information content (AvgIpc) is 2.21. The fourth-order valence-corrected chi connectivity index (χ4v) is 0.844. The number of likely N-dealkylation sites (N-methyl/N-ethyl adjacent to an activating group) is 1. The lowest BCUT2D eigenvalue weighted by Gasteiger charge is -2.15. The molecule has 0 aliphatic carbocycles. The minimum Gasteiger partial charge on any atom is -0.397 e. The Bertz CT molecular complexity index is 217. The van der Waals surface area contributed by atoms with E-state index in [-0.39, 0.29) is 13.2 Å². The Morgan fingerprint density at radius 2 is 2.00 bits per heavy atom. The molecule has 1 aromatic rings. The molecular formula is C10H18N2O2. The molecule has 0 atom stereocenters. The molecule has 0 radical (unpaired) electrons. The van der Waals surface area contributed by atoms with Crippen molar-refractivity contribution in [3.63, 3.8) is 0 Å². The van der Waals surface area contributed by atoms with Crippen molar-refractivity contribution in [2.24, 2.45) is 0 Å². The van der Waals surface area contributed by atoms with Crippen molar-refractivity contribution in [1.82, 2.24) is 4.98 Å². The quantitative estimate of drug-likeness (QED) is 0.743. The highest BCUT2D eigenvalue weighted by Crippen LogP contribution is 2.04. The van der Waals surface area contributed by atoms with Gasteiger partial charge in [0, 0.05) is 26.4 Å². The molecule has 0 aliphatic heterocycles. The highest BCUT2D eigenvalue weighted by atomic mass is 16.3. The van der Waals surface area contributed by atoms with Crippen molar-refractivity contribution in [3.8, 4) is 0 Å². The van der Waals surface area contributed by atoms with Gasteiger partial charge in [0.2, 0.25) is 0 Å². The monoisotopic (exact) mass is 198 g/mol. The zero-order valence-corrected chi connectivity index (χ0v) is 8.72. The summed E-state index contributed by atoms with van der Waals surface area (Å²) in [6, 6.07) is 5.71. The Balaban J connectivity index is 0.000000500. The van der Waals surface area contributed by atoms with Crippen molar-refractivity contribution in [1.29, 1.82) is 0 Å². The Hall–Kier alpha value is -1.13. The van der Waals surface area contributed by atoms with Gasteiger partial charge in [0.1, 0.15) is 5.82 Å². The van der Waals surface area contributed by atoms with Gasteiger partial charge in [-0.05, 0) is 19.1 Å². The van der Waals surface area contributed by atoms with Crippen molar-refractivity contribution in [2.75, 3.05) is 31.7 Å². The molecule has 80 valence electrons. The number of nitrogens with zero attached hydrogens (tertiary/aromatic N) is 2. The second-order valence-corrected chi connectivity index (χ2v) is 2.65. The van der Waals surface area contributed by atoms with E-state index in [4.69, 9.17) is 10.2 Å². The minimum absolute atomic E-state index is 0.160. The van der Waals surface area contributed by atoms with Crippen molar-refractivity contribution < 1.29 is 10.2 Å². The van der Waals surface area contributed by atoms with Crippen LogP contribution < -0.4 is 4.90 Å². The second kappa shape index (κ2) is 8.47. The maximum atomic E-state index is 8.63. The Labute approximate surface area is 84.8 Å². The summed E-state index contributed by atoms with van der Waals surface area (Å²) in [7, 11) is 1.90. The Morgan fingerprint density at radius 1 is 1.36 bits per heavy atom. The second-order valence-electron chi connectivity index (χ2n) is 2.65. The number of pyridine rings is 1. The molecule has 0 amide bonds. The van der Waals surface area contributed by atoms with Gasteiger partial charge in [-0.15, -0.1) is 0 Å². The predicted octanol–water partition coefficient (Wildman–Crippen LogP) is 0.509. The first kappa shape index (κ1) is 12.9. The van der Waals surface area contributed by atoms with E-state index in [1.165, 1.54) is 0 Å². The summed E-state index contributed by atoms with van der Waals surface area (Å²) in [5.41, 5.74) is 0. The predicted molar refractivity (Wildman–Crippen MR) is 57.4 cm³/mol. The number of aromatic nitrogens is 1. The van der Waals surface area contributed by atoms with Gasteiger partial charge in [0.05, 0.1) is 6.61 Å². The standard InChI is InChI=1S/C8H12N2O.C2H6O/c1-10(6-7-11)8-4-2-3-5-9-8;1-2-3/h2-5,11H,6-7H2,1H3;3H,2H2,1H3. The first-order chi connectivity index (χ1) is 6.76. The largest absolute Gasteiger partial charge is 0.397 e. The van der Waals surface area contributed by atoms with Gasteiger partial charge in [-0.25, -0.2) is 4.98 Å². The van der Waals surface area contributed by atoms with Gasteiger partial charge in [-0.3, -0.25) is 0 Å². The summed E-state index contributed by atoms with van der Waals surface area (Å²) in [5.74, 6) is 0.890. The highest BCUT2D eigenvalue weighted by molar-refractivity contribution is 5.35. The number of hydrogen-bond acceptors (Lipinski definition) is 4. The summed E-state index contributed by atoms with van der Waals surface area (Å²) in [4.78, 5) is 6.01. The van der Waals surface area contributed by atoms with Gasteiger partial charge >= 0.3 is 0 Å². The zero-order chi connectivity index (χ0) is 10.8. The molecule has 1 heterocycles. The molecular weight excluding hydrogens is 180 g/mol. The molecule has 0 saturated carbocycles. The van der Waals surface area contributed by atoms with Crippen LogP contribution in [0.15, 0.2) is 24.4 Å². The van der Waals surface area contributed by atoms with Gasteiger partial charge < -0.3 is 15.1 Å². The van der Waals surface area contributed by atoms with E-state index < -0.39 is 0 Å². The maximum absolute atomic E-state index is 8.63. The van der Waals surface area contributed by atoms with Gasteiger partial charge in [0.15, 0.2) is 0 Å². The van der Waals surface area contributed by atoms with Crippen LogP contribution in [0, 0.1) is 0 Å². The van der Waals surface area contributed by atoms with Crippen LogP contribution in [0.3, 0.4) is 0 Å². The van der Waals surface area contributed by atoms with Crippen molar-refractivity contribution in [2.45, 2.75) is 6.92 Å². The lowest BCUT2D eigenvalue weighted by molar-refractivity contribution is 0.304. The third-order valence-electron chi connectivity index (χ3n) is 1.48. The van der Waals surface area contributed by atoms with E-state index in [0.29, 0.717) is 6.54 Å². The molecule has 0 saturated heterocycles. The lowest BCUT2D eigenvalue weighted by Crippen LogP contribution is -2.21. The molecule has 0 fully saturated rings. The van der Waals surface area contributed by atoms with Crippen LogP contribution in [0.5, 0.6) is 0 Å². The van der Waals surface area contributed by atoms with E-state index in [0.717, 1.165) is 5.82 Å². The number of aliphatic hydroxyl groups excluding tert-OH is 2. The summed E-state index contributed by atoms with van der Waals surface area (Å²) in [5, 5.41) is 16.2. The van der Waals surface area contributed by atoms with Crippen LogP contribution in [0.2, 0.25) is 0 Å². The number of aliphatic hydroxyl groups is 2. The zero-order valence-electron chi connectivity index (χ0n) is 8.72. The average molecular weight is 198 g/mol. The summed E-state index contributed by atoms with van der Waals surface area (Å²) in [6.07, 6.45) is 1.74. The Kier molecular flexibility index (Phi) is 7.78. The molecule has 4 nitrogen and oxygen atoms in total. The molecule has 0 aromatic carbocycles. The van der Waals surface area contributed by atoms with Crippen LogP contribution in [0.4, 0.5) is 5.82 Å². The van der Waals surface area contributed by atoms with E-state index in [1.807, 2.05) is 30.1 Å². The van der Waals surface area contributed by atoms with E-state index in [1.54, 1.807) is 13.1 Å². The SMILES string of the molecule is CCO.CN(CCO)c1ccccn1. The fourth-order valence-electron chi connectivity index (χ4n) is 0.844. The summed E-state index contributed by atoms with van der Waals surface area (Å²) in [6.45, 7) is 2.71. The molecule has 0 aliphatic rings. The summed E-state index contributed by atoms with van der Waals surface area (Å²) >= 11 is 0. The van der Waals surface area contributed by atoms with Crippen LogP contribution in [-0.4, -0.2) is 42.0 Å². The number of anilines is 1. The first-order valence-electron chi connectivity index (χ1n) is 4.60. The smallest absolute Gasteiger partial charge is 0.128 e. The van der Waals surface area contributed by atoms with Crippen molar-refractivity contribution >= 4 is 5.82 Å². The number of hydrogen-bond donors (Lipinski definition) is 2. The Morgan fingerprint density at radius 3 is 2.43 bits per heavy atom. The van der Waals surface area contributed by atoms with Crippen LogP contribution in [0.25, 0.3) is 0 Å². The molecule has 0 spiro atoms.